The molecule has 1 N–H and O–H groups in total. The summed E-state index contributed by atoms with van der Waals surface area (Å²) in [5, 5.41) is 8.11. The molecule has 0 aliphatic carbocycles. The summed E-state index contributed by atoms with van der Waals surface area (Å²) >= 11 is 1.15. The summed E-state index contributed by atoms with van der Waals surface area (Å²) in [5.74, 6) is -0.0770. The van der Waals surface area contributed by atoms with Gasteiger partial charge in [0.05, 0.1) is 5.69 Å². The molecule has 0 aromatic carbocycles. The molecule has 0 saturated heterocycles. The Labute approximate surface area is 112 Å². The van der Waals surface area contributed by atoms with Crippen molar-refractivity contribution < 1.29 is 17.7 Å². The van der Waals surface area contributed by atoms with Crippen molar-refractivity contribution >= 4 is 38.3 Å². The van der Waals surface area contributed by atoms with Gasteiger partial charge in [-0.25, -0.2) is 13.2 Å². The van der Waals surface area contributed by atoms with Crippen molar-refractivity contribution in [1.29, 1.82) is 0 Å². The molecule has 0 fully saturated rings. The molecule has 0 bridgehead atoms. The number of carbonyl (C=O) groups excluding carboxylic acids is 1. The zero-order chi connectivity index (χ0) is 13.8. The molecule has 2 amide bonds. The molecule has 3 heterocycles. The molecular weight excluding hydrogens is 290 g/mol. The van der Waals surface area contributed by atoms with Gasteiger partial charge in [0.15, 0.2) is 0 Å². The first-order chi connectivity index (χ1) is 8.93. The van der Waals surface area contributed by atoms with E-state index in [1.807, 2.05) is 0 Å². The van der Waals surface area contributed by atoms with Crippen LogP contribution in [0.5, 0.6) is 0 Å². The minimum Gasteiger partial charge on any atom is -0.337 e. The van der Waals surface area contributed by atoms with Crippen molar-refractivity contribution in [2.45, 2.75) is 18.7 Å². The second kappa shape index (κ2) is 3.81. The van der Waals surface area contributed by atoms with Gasteiger partial charge in [-0.3, -0.25) is 5.32 Å². The number of carbonyl (C=O) groups is 1. The lowest BCUT2D eigenvalue weighted by Crippen LogP contribution is -2.43. The van der Waals surface area contributed by atoms with Gasteiger partial charge in [-0.1, -0.05) is 5.16 Å². The lowest BCUT2D eigenvalue weighted by molar-refractivity contribution is 0.258. The first-order valence-electron chi connectivity index (χ1n) is 5.29. The number of hydrogen-bond acceptors (Lipinski definition) is 6. The maximum atomic E-state index is 12.4. The SMILES string of the molecule is Cc1noc(N2C(=O)Nc3sccc3S2(=O)=O)c1C. The van der Waals surface area contributed by atoms with Crippen LogP contribution in [0, 0.1) is 13.8 Å². The van der Waals surface area contributed by atoms with Gasteiger partial charge in [0, 0.05) is 5.56 Å². The fourth-order valence-corrected chi connectivity index (χ4v) is 4.33. The molecule has 0 unspecified atom stereocenters. The highest BCUT2D eigenvalue weighted by atomic mass is 32.2. The van der Waals surface area contributed by atoms with Gasteiger partial charge in [-0.05, 0) is 25.3 Å². The van der Waals surface area contributed by atoms with Gasteiger partial charge in [-0.15, -0.1) is 15.6 Å². The van der Waals surface area contributed by atoms with E-state index in [4.69, 9.17) is 4.52 Å². The number of aromatic nitrogens is 1. The standard InChI is InChI=1S/C10H9N3O4S2/c1-5-6(2)12-17-9(5)13-10(14)11-8-7(3-4-18-8)19(13,15)16/h3-4H,1-2H3,(H,11,14). The van der Waals surface area contributed by atoms with Crippen LogP contribution in [0.3, 0.4) is 0 Å². The second-order valence-electron chi connectivity index (χ2n) is 4.01. The smallest absolute Gasteiger partial charge is 0.337 e. The number of aryl methyl sites for hydroxylation is 1. The highest BCUT2D eigenvalue weighted by molar-refractivity contribution is 7.94. The highest BCUT2D eigenvalue weighted by Gasteiger charge is 2.41. The summed E-state index contributed by atoms with van der Waals surface area (Å²) in [6.45, 7) is 3.32. The van der Waals surface area contributed by atoms with Crippen LogP contribution in [-0.4, -0.2) is 19.6 Å². The lowest BCUT2D eigenvalue weighted by Gasteiger charge is -2.24. The van der Waals surface area contributed by atoms with Gasteiger partial charge in [0.25, 0.3) is 15.9 Å². The van der Waals surface area contributed by atoms with Crippen LogP contribution in [0.25, 0.3) is 0 Å². The zero-order valence-corrected chi connectivity index (χ0v) is 11.6. The minimum atomic E-state index is -3.95. The van der Waals surface area contributed by atoms with Crippen molar-refractivity contribution in [3.8, 4) is 0 Å². The van der Waals surface area contributed by atoms with Crippen molar-refractivity contribution in [3.63, 3.8) is 0 Å². The molecule has 0 radical (unpaired) electrons. The molecule has 7 nitrogen and oxygen atoms in total. The number of thiophene rings is 1. The lowest BCUT2D eigenvalue weighted by atomic mass is 10.3. The summed E-state index contributed by atoms with van der Waals surface area (Å²) in [4.78, 5) is 12.0. The summed E-state index contributed by atoms with van der Waals surface area (Å²) in [6.07, 6.45) is 0. The van der Waals surface area contributed by atoms with E-state index in [0.717, 1.165) is 11.3 Å². The molecule has 0 saturated carbocycles. The quantitative estimate of drug-likeness (QED) is 0.870. The topological polar surface area (TPSA) is 92.5 Å². The number of fused-ring (bicyclic) bond motifs is 1. The monoisotopic (exact) mass is 299 g/mol. The second-order valence-corrected chi connectivity index (χ2v) is 6.68. The normalized spacial score (nSPS) is 17.2. The molecule has 0 spiro atoms. The van der Waals surface area contributed by atoms with E-state index in [1.165, 1.54) is 6.07 Å². The number of rotatable bonds is 1. The fourth-order valence-electron chi connectivity index (χ4n) is 1.74. The molecule has 2 aromatic rings. The molecule has 100 valence electrons. The Hall–Kier alpha value is -1.87. The van der Waals surface area contributed by atoms with Crippen molar-refractivity contribution in [2.75, 3.05) is 9.62 Å². The average molecular weight is 299 g/mol. The fraction of sp³-hybridized carbons (Fsp3) is 0.200. The molecular formula is C10H9N3O4S2. The number of nitrogens with one attached hydrogen (secondary N) is 1. The summed E-state index contributed by atoms with van der Waals surface area (Å²) in [7, 11) is -3.95. The van der Waals surface area contributed by atoms with Gasteiger partial charge < -0.3 is 4.52 Å². The maximum Gasteiger partial charge on any atom is 0.343 e. The Bertz CT molecular complexity index is 775. The van der Waals surface area contributed by atoms with E-state index in [2.05, 4.69) is 10.5 Å². The average Bonchev–Trinajstić information content (AvgIpc) is 2.90. The minimum absolute atomic E-state index is 0.0607. The molecule has 2 aromatic heterocycles. The Morgan fingerprint density at radius 2 is 2.16 bits per heavy atom. The van der Waals surface area contributed by atoms with Crippen LogP contribution < -0.4 is 9.62 Å². The van der Waals surface area contributed by atoms with Crippen LogP contribution in [0.4, 0.5) is 15.7 Å². The number of amides is 2. The molecule has 9 heteroatoms. The molecule has 1 aliphatic heterocycles. The van der Waals surface area contributed by atoms with Gasteiger partial charge in [-0.2, -0.15) is 0 Å². The first kappa shape index (κ1) is 12.2. The molecule has 19 heavy (non-hydrogen) atoms. The van der Waals surface area contributed by atoms with Gasteiger partial charge in [0.2, 0.25) is 0 Å². The number of sulfonamides is 1. The third kappa shape index (κ3) is 1.58. The van der Waals surface area contributed by atoms with Crippen LogP contribution in [0.2, 0.25) is 0 Å². The Balaban J connectivity index is 2.23. The van der Waals surface area contributed by atoms with E-state index in [1.54, 1.807) is 19.2 Å². The third-order valence-corrected chi connectivity index (χ3v) is 5.54. The Morgan fingerprint density at radius 1 is 1.42 bits per heavy atom. The zero-order valence-electron chi connectivity index (χ0n) is 10.00. The van der Waals surface area contributed by atoms with E-state index in [0.29, 0.717) is 20.6 Å². The summed E-state index contributed by atoms with van der Waals surface area (Å²) in [5.41, 5.74) is 1.05. The Morgan fingerprint density at radius 3 is 2.79 bits per heavy atom. The van der Waals surface area contributed by atoms with Crippen LogP contribution in [0.15, 0.2) is 20.9 Å². The van der Waals surface area contributed by atoms with Crippen molar-refractivity contribution in [2.24, 2.45) is 0 Å². The predicted molar refractivity (Wildman–Crippen MR) is 69.0 cm³/mol. The van der Waals surface area contributed by atoms with Gasteiger partial charge >= 0.3 is 6.03 Å². The summed E-state index contributed by atoms with van der Waals surface area (Å²) < 4.78 is 30.4. The van der Waals surface area contributed by atoms with E-state index in [9.17, 15) is 13.2 Å². The summed E-state index contributed by atoms with van der Waals surface area (Å²) in [6, 6.07) is 0.676. The maximum absolute atomic E-state index is 12.4. The van der Waals surface area contributed by atoms with E-state index < -0.39 is 16.1 Å². The Kier molecular flexibility index (Phi) is 2.44. The van der Waals surface area contributed by atoms with Crippen LogP contribution in [-0.2, 0) is 10.0 Å². The predicted octanol–water partition coefficient (Wildman–Crippen LogP) is 2.09. The van der Waals surface area contributed by atoms with E-state index >= 15 is 0 Å². The number of urea groups is 1. The van der Waals surface area contributed by atoms with Crippen LogP contribution in [0.1, 0.15) is 11.3 Å². The van der Waals surface area contributed by atoms with Crippen molar-refractivity contribution in [1.82, 2.24) is 5.16 Å². The van der Waals surface area contributed by atoms with Crippen molar-refractivity contribution in [3.05, 3.63) is 22.7 Å². The molecule has 0 atom stereocenters. The molecule has 1 aliphatic rings. The highest BCUT2D eigenvalue weighted by Crippen LogP contribution is 2.38. The molecule has 3 rings (SSSR count). The van der Waals surface area contributed by atoms with Gasteiger partial charge in [0.1, 0.15) is 9.90 Å². The van der Waals surface area contributed by atoms with Crippen LogP contribution >= 0.6 is 11.3 Å². The third-order valence-electron chi connectivity index (χ3n) is 2.87. The van der Waals surface area contributed by atoms with E-state index in [-0.39, 0.29) is 10.8 Å². The number of nitrogens with zero attached hydrogens (tertiary/aromatic N) is 2. The largest absolute Gasteiger partial charge is 0.343 e. The number of hydrogen-bond donors (Lipinski definition) is 1. The first-order valence-corrected chi connectivity index (χ1v) is 7.61. The number of anilines is 2.